The number of nitrogens with zero attached hydrogens (tertiary/aromatic N) is 3. The molecule has 1 saturated heterocycles. The van der Waals surface area contributed by atoms with Gasteiger partial charge >= 0.3 is 0 Å². The predicted octanol–water partition coefficient (Wildman–Crippen LogP) is 1.23. The standard InChI is InChI=1S/C14H24N4O2S/c1-3-6-16-13-5-7-15-12-14(13)21(19,20)18-9-4-8-17(2)10-11-18/h5,7,12H,3-4,6,8-11H2,1-2H3,(H,15,16). The third-order valence-corrected chi connectivity index (χ3v) is 5.57. The second-order valence-electron chi connectivity index (χ2n) is 5.36. The zero-order valence-corrected chi connectivity index (χ0v) is 13.6. The highest BCUT2D eigenvalue weighted by Crippen LogP contribution is 2.24. The summed E-state index contributed by atoms with van der Waals surface area (Å²) in [5.41, 5.74) is 0.643. The highest BCUT2D eigenvalue weighted by atomic mass is 32.2. The molecule has 0 bridgehead atoms. The predicted molar refractivity (Wildman–Crippen MR) is 83.9 cm³/mol. The first-order valence-corrected chi connectivity index (χ1v) is 8.86. The van der Waals surface area contributed by atoms with Crippen LogP contribution in [0.2, 0.25) is 0 Å². The number of anilines is 1. The summed E-state index contributed by atoms with van der Waals surface area (Å²) in [7, 11) is -1.47. The normalized spacial score (nSPS) is 18.4. The lowest BCUT2D eigenvalue weighted by atomic mass is 10.4. The Balaban J connectivity index is 2.26. The quantitative estimate of drug-likeness (QED) is 0.886. The summed E-state index contributed by atoms with van der Waals surface area (Å²) in [6.45, 7) is 5.58. The van der Waals surface area contributed by atoms with Crippen LogP contribution in [0.3, 0.4) is 0 Å². The average Bonchev–Trinajstić information content (AvgIpc) is 2.70. The number of nitrogens with one attached hydrogen (secondary N) is 1. The molecule has 1 fully saturated rings. The molecule has 0 spiro atoms. The zero-order valence-electron chi connectivity index (χ0n) is 12.7. The van der Waals surface area contributed by atoms with Gasteiger partial charge in [0.15, 0.2) is 0 Å². The minimum absolute atomic E-state index is 0.281. The fraction of sp³-hybridized carbons (Fsp3) is 0.643. The van der Waals surface area contributed by atoms with E-state index in [0.717, 1.165) is 32.5 Å². The highest BCUT2D eigenvalue weighted by Gasteiger charge is 2.28. The lowest BCUT2D eigenvalue weighted by Crippen LogP contribution is -2.35. The van der Waals surface area contributed by atoms with E-state index in [9.17, 15) is 8.42 Å². The summed E-state index contributed by atoms with van der Waals surface area (Å²) < 4.78 is 27.3. The van der Waals surface area contributed by atoms with Gasteiger partial charge in [0.25, 0.3) is 0 Å². The molecule has 0 aromatic carbocycles. The second kappa shape index (κ2) is 7.20. The van der Waals surface area contributed by atoms with Gasteiger partial charge < -0.3 is 10.2 Å². The fourth-order valence-electron chi connectivity index (χ4n) is 2.39. The van der Waals surface area contributed by atoms with Crippen LogP contribution in [0.25, 0.3) is 0 Å². The van der Waals surface area contributed by atoms with E-state index in [-0.39, 0.29) is 4.90 Å². The maximum atomic E-state index is 12.9. The molecule has 1 aromatic heterocycles. The molecule has 2 heterocycles. The minimum Gasteiger partial charge on any atom is -0.384 e. The molecule has 2 rings (SSSR count). The zero-order chi connectivity index (χ0) is 15.3. The van der Waals surface area contributed by atoms with E-state index < -0.39 is 10.0 Å². The average molecular weight is 312 g/mol. The summed E-state index contributed by atoms with van der Waals surface area (Å²) in [5.74, 6) is 0. The molecule has 7 heteroatoms. The summed E-state index contributed by atoms with van der Waals surface area (Å²) in [5, 5.41) is 3.18. The molecule has 0 radical (unpaired) electrons. The van der Waals surface area contributed by atoms with Gasteiger partial charge in [0.05, 0.1) is 5.69 Å². The van der Waals surface area contributed by atoms with Gasteiger partial charge in [-0.1, -0.05) is 6.92 Å². The van der Waals surface area contributed by atoms with Crippen molar-refractivity contribution >= 4 is 15.7 Å². The molecule has 0 atom stereocenters. The van der Waals surface area contributed by atoms with Crippen molar-refractivity contribution < 1.29 is 8.42 Å². The Morgan fingerprint density at radius 2 is 2.10 bits per heavy atom. The van der Waals surface area contributed by atoms with Crippen molar-refractivity contribution in [2.75, 3.05) is 45.1 Å². The summed E-state index contributed by atoms with van der Waals surface area (Å²) in [6.07, 6.45) is 4.86. The van der Waals surface area contributed by atoms with E-state index in [4.69, 9.17) is 0 Å². The monoisotopic (exact) mass is 312 g/mol. The maximum Gasteiger partial charge on any atom is 0.246 e. The molecule has 6 nitrogen and oxygen atoms in total. The maximum absolute atomic E-state index is 12.9. The molecule has 21 heavy (non-hydrogen) atoms. The van der Waals surface area contributed by atoms with Crippen molar-refractivity contribution in [1.29, 1.82) is 0 Å². The van der Waals surface area contributed by atoms with Gasteiger partial charge in [0.1, 0.15) is 4.90 Å². The van der Waals surface area contributed by atoms with Gasteiger partial charge in [-0.2, -0.15) is 4.31 Å². The Hall–Kier alpha value is -1.18. The van der Waals surface area contributed by atoms with Gasteiger partial charge in [0, 0.05) is 38.6 Å². The van der Waals surface area contributed by atoms with Gasteiger partial charge in [0.2, 0.25) is 10.0 Å². The molecule has 0 unspecified atom stereocenters. The van der Waals surface area contributed by atoms with E-state index in [2.05, 4.69) is 15.2 Å². The lowest BCUT2D eigenvalue weighted by molar-refractivity contribution is 0.347. The Morgan fingerprint density at radius 3 is 2.86 bits per heavy atom. The van der Waals surface area contributed by atoms with Crippen LogP contribution < -0.4 is 5.32 Å². The van der Waals surface area contributed by atoms with Crippen molar-refractivity contribution in [2.24, 2.45) is 0 Å². The summed E-state index contributed by atoms with van der Waals surface area (Å²) in [6, 6.07) is 1.73. The molecule has 1 N–H and O–H groups in total. The molecule has 1 aliphatic heterocycles. The lowest BCUT2D eigenvalue weighted by Gasteiger charge is -2.21. The van der Waals surface area contributed by atoms with E-state index in [1.807, 2.05) is 14.0 Å². The molecule has 0 saturated carbocycles. The molecule has 0 aliphatic carbocycles. The molecular weight excluding hydrogens is 288 g/mol. The third kappa shape index (κ3) is 3.93. The first kappa shape index (κ1) is 16.2. The van der Waals surface area contributed by atoms with Gasteiger partial charge in [-0.3, -0.25) is 4.98 Å². The number of sulfonamides is 1. The van der Waals surface area contributed by atoms with E-state index in [0.29, 0.717) is 18.8 Å². The number of aromatic nitrogens is 1. The minimum atomic E-state index is -3.49. The van der Waals surface area contributed by atoms with Crippen molar-refractivity contribution in [1.82, 2.24) is 14.2 Å². The van der Waals surface area contributed by atoms with Crippen LogP contribution in [0.5, 0.6) is 0 Å². The van der Waals surface area contributed by atoms with Crippen molar-refractivity contribution in [3.05, 3.63) is 18.5 Å². The Bertz CT molecular complexity index is 562. The number of likely N-dealkylation sites (N-methyl/N-ethyl adjacent to an activating group) is 1. The van der Waals surface area contributed by atoms with Crippen LogP contribution in [0, 0.1) is 0 Å². The molecule has 1 aliphatic rings. The van der Waals surface area contributed by atoms with Crippen molar-refractivity contribution in [2.45, 2.75) is 24.7 Å². The number of rotatable bonds is 5. The van der Waals surface area contributed by atoms with Gasteiger partial charge in [-0.05, 0) is 32.5 Å². The summed E-state index contributed by atoms with van der Waals surface area (Å²) >= 11 is 0. The van der Waals surface area contributed by atoms with Crippen LogP contribution in [0.4, 0.5) is 5.69 Å². The first-order chi connectivity index (χ1) is 10.1. The fourth-order valence-corrected chi connectivity index (χ4v) is 3.98. The van der Waals surface area contributed by atoms with E-state index in [1.54, 1.807) is 16.6 Å². The van der Waals surface area contributed by atoms with E-state index >= 15 is 0 Å². The van der Waals surface area contributed by atoms with Crippen LogP contribution >= 0.6 is 0 Å². The Kier molecular flexibility index (Phi) is 5.55. The third-order valence-electron chi connectivity index (χ3n) is 3.65. The topological polar surface area (TPSA) is 65.5 Å². The van der Waals surface area contributed by atoms with Crippen molar-refractivity contribution in [3.8, 4) is 0 Å². The number of hydrogen-bond donors (Lipinski definition) is 1. The van der Waals surface area contributed by atoms with Crippen LogP contribution in [-0.4, -0.2) is 62.4 Å². The van der Waals surface area contributed by atoms with Gasteiger partial charge in [-0.25, -0.2) is 8.42 Å². The smallest absolute Gasteiger partial charge is 0.246 e. The summed E-state index contributed by atoms with van der Waals surface area (Å²) in [4.78, 5) is 6.44. The first-order valence-electron chi connectivity index (χ1n) is 7.42. The number of hydrogen-bond acceptors (Lipinski definition) is 5. The Labute approximate surface area is 127 Å². The van der Waals surface area contributed by atoms with Crippen LogP contribution in [0.15, 0.2) is 23.4 Å². The van der Waals surface area contributed by atoms with Gasteiger partial charge in [-0.15, -0.1) is 0 Å². The second-order valence-corrected chi connectivity index (χ2v) is 7.27. The van der Waals surface area contributed by atoms with Crippen LogP contribution in [-0.2, 0) is 10.0 Å². The molecule has 1 aromatic rings. The Morgan fingerprint density at radius 1 is 1.29 bits per heavy atom. The van der Waals surface area contributed by atoms with Crippen LogP contribution in [0.1, 0.15) is 19.8 Å². The highest BCUT2D eigenvalue weighted by molar-refractivity contribution is 7.89. The number of pyridine rings is 1. The van der Waals surface area contributed by atoms with E-state index in [1.165, 1.54) is 6.20 Å². The molecule has 0 amide bonds. The molecular formula is C14H24N4O2S. The SMILES string of the molecule is CCCNc1ccncc1S(=O)(=O)N1CCCN(C)CC1. The largest absolute Gasteiger partial charge is 0.384 e. The molecule has 118 valence electrons. The van der Waals surface area contributed by atoms with Crippen molar-refractivity contribution in [3.63, 3.8) is 0 Å².